The van der Waals surface area contributed by atoms with Crippen molar-refractivity contribution in [1.82, 2.24) is 10.2 Å². The smallest absolute Gasteiger partial charge is 0.393 e. The highest BCUT2D eigenvalue weighted by Gasteiger charge is 2.43. The lowest BCUT2D eigenvalue weighted by Crippen LogP contribution is -2.53. The van der Waals surface area contributed by atoms with E-state index in [1.807, 2.05) is 0 Å². The van der Waals surface area contributed by atoms with Crippen LogP contribution in [0.15, 0.2) is 0 Å². The summed E-state index contributed by atoms with van der Waals surface area (Å²) in [4.78, 5) is 13.2. The Labute approximate surface area is 122 Å². The molecule has 2 unspecified atom stereocenters. The minimum atomic E-state index is -4.15. The maximum Gasteiger partial charge on any atom is 0.393 e. The summed E-state index contributed by atoms with van der Waals surface area (Å²) in [5.74, 6) is -2.21. The van der Waals surface area contributed by atoms with Crippen LogP contribution < -0.4 is 5.32 Å². The quantitative estimate of drug-likeness (QED) is 0.790. The Morgan fingerprint density at radius 1 is 1.33 bits per heavy atom. The van der Waals surface area contributed by atoms with E-state index in [1.165, 1.54) is 0 Å². The topological polar surface area (TPSA) is 52.6 Å². The monoisotopic (exact) mass is 308 g/mol. The van der Waals surface area contributed by atoms with Crippen molar-refractivity contribution in [1.29, 1.82) is 0 Å². The zero-order chi connectivity index (χ0) is 15.7. The van der Waals surface area contributed by atoms with Crippen molar-refractivity contribution in [2.75, 3.05) is 19.6 Å². The molecule has 4 nitrogen and oxygen atoms in total. The first-order chi connectivity index (χ1) is 9.71. The fraction of sp³-hybridized carbons (Fsp3) is 0.929. The number of halogens is 3. The Morgan fingerprint density at radius 2 is 2.00 bits per heavy atom. The molecular weight excluding hydrogens is 285 g/mol. The first-order valence-electron chi connectivity index (χ1n) is 7.51. The van der Waals surface area contributed by atoms with Gasteiger partial charge in [-0.25, -0.2) is 0 Å². The van der Waals surface area contributed by atoms with Crippen LogP contribution in [-0.4, -0.2) is 53.4 Å². The molecule has 0 aromatic heterocycles. The van der Waals surface area contributed by atoms with Crippen LogP contribution in [0.25, 0.3) is 0 Å². The molecule has 2 N–H and O–H groups in total. The van der Waals surface area contributed by atoms with Crippen LogP contribution in [0.3, 0.4) is 0 Å². The number of alkyl halides is 3. The highest BCUT2D eigenvalue weighted by molar-refractivity contribution is 5.78. The van der Waals surface area contributed by atoms with Gasteiger partial charge in [0.2, 0.25) is 0 Å². The maximum absolute atomic E-state index is 12.8. The van der Waals surface area contributed by atoms with Gasteiger partial charge in [0.15, 0.2) is 0 Å². The van der Waals surface area contributed by atoms with E-state index in [-0.39, 0.29) is 19.0 Å². The van der Waals surface area contributed by atoms with Gasteiger partial charge in [0.05, 0.1) is 5.92 Å². The van der Waals surface area contributed by atoms with E-state index in [2.05, 4.69) is 5.32 Å². The summed E-state index contributed by atoms with van der Waals surface area (Å²) in [7, 11) is 0. The van der Waals surface area contributed by atoms with E-state index in [4.69, 9.17) is 0 Å². The molecule has 2 fully saturated rings. The second-order valence-corrected chi connectivity index (χ2v) is 6.49. The van der Waals surface area contributed by atoms with Crippen LogP contribution in [0, 0.1) is 5.92 Å². The van der Waals surface area contributed by atoms with Crippen molar-refractivity contribution in [3.63, 3.8) is 0 Å². The summed E-state index contributed by atoms with van der Waals surface area (Å²) < 4.78 is 38.3. The number of nitrogens with one attached hydrogen (secondary N) is 1. The van der Waals surface area contributed by atoms with E-state index in [0.29, 0.717) is 25.9 Å². The standard InChI is InChI=1S/C14H23F3N2O2/c1-13(12(20)21,18-11-4-5-11)6-8-19-7-2-3-10(9-19)14(15,16)17/h10-11,18H,2-9H2,1H3,(H,20,21). The van der Waals surface area contributed by atoms with Gasteiger partial charge in [-0.1, -0.05) is 0 Å². The summed E-state index contributed by atoms with van der Waals surface area (Å²) in [5.41, 5.74) is -1.05. The van der Waals surface area contributed by atoms with Gasteiger partial charge >= 0.3 is 12.1 Å². The zero-order valence-corrected chi connectivity index (χ0v) is 12.2. The molecule has 1 aliphatic heterocycles. The summed E-state index contributed by atoms with van der Waals surface area (Å²) in [5, 5.41) is 12.5. The number of aliphatic carboxylic acids is 1. The minimum Gasteiger partial charge on any atom is -0.480 e. The third-order valence-electron chi connectivity index (χ3n) is 4.47. The van der Waals surface area contributed by atoms with Gasteiger partial charge in [0, 0.05) is 19.1 Å². The number of rotatable bonds is 6. The van der Waals surface area contributed by atoms with Crippen molar-refractivity contribution >= 4 is 5.97 Å². The molecule has 0 bridgehead atoms. The summed E-state index contributed by atoms with van der Waals surface area (Å²) in [6.07, 6.45) is -1.18. The van der Waals surface area contributed by atoms with E-state index >= 15 is 0 Å². The molecule has 7 heteroatoms. The van der Waals surface area contributed by atoms with Gasteiger partial charge < -0.3 is 10.0 Å². The predicted octanol–water partition coefficient (Wildman–Crippen LogP) is 2.25. The van der Waals surface area contributed by atoms with Crippen LogP contribution in [0.4, 0.5) is 13.2 Å². The van der Waals surface area contributed by atoms with Gasteiger partial charge in [-0.3, -0.25) is 10.1 Å². The van der Waals surface area contributed by atoms with Crippen molar-refractivity contribution in [3.05, 3.63) is 0 Å². The Hall–Kier alpha value is -0.820. The third kappa shape index (κ3) is 4.57. The third-order valence-corrected chi connectivity index (χ3v) is 4.47. The first-order valence-corrected chi connectivity index (χ1v) is 7.51. The van der Waals surface area contributed by atoms with Crippen LogP contribution in [0.1, 0.15) is 39.0 Å². The normalized spacial score (nSPS) is 27.3. The summed E-state index contributed by atoms with van der Waals surface area (Å²) >= 11 is 0. The zero-order valence-electron chi connectivity index (χ0n) is 12.2. The molecule has 1 heterocycles. The first kappa shape index (κ1) is 16.5. The minimum absolute atomic E-state index is 0.0113. The van der Waals surface area contributed by atoms with Gasteiger partial charge in [0.1, 0.15) is 5.54 Å². The molecule has 1 aliphatic carbocycles. The molecule has 2 aliphatic rings. The van der Waals surface area contributed by atoms with Crippen molar-refractivity contribution in [3.8, 4) is 0 Å². The number of likely N-dealkylation sites (tertiary alicyclic amines) is 1. The van der Waals surface area contributed by atoms with E-state index in [1.54, 1.807) is 11.8 Å². The van der Waals surface area contributed by atoms with Crippen molar-refractivity contribution in [2.24, 2.45) is 5.92 Å². The van der Waals surface area contributed by atoms with Crippen LogP contribution in [0.2, 0.25) is 0 Å². The van der Waals surface area contributed by atoms with E-state index in [0.717, 1.165) is 12.8 Å². The molecule has 2 atom stereocenters. The SMILES string of the molecule is CC(CCN1CCCC(C(F)(F)F)C1)(NC1CC1)C(=O)O. The maximum atomic E-state index is 12.8. The van der Waals surface area contributed by atoms with Crippen molar-refractivity contribution in [2.45, 2.75) is 56.8 Å². The largest absolute Gasteiger partial charge is 0.480 e. The molecule has 2 rings (SSSR count). The summed E-state index contributed by atoms with van der Waals surface area (Å²) in [6, 6.07) is 0.246. The number of carboxylic acid groups (broad SMARTS) is 1. The fourth-order valence-corrected chi connectivity index (χ4v) is 2.83. The number of nitrogens with zero attached hydrogens (tertiary/aromatic N) is 1. The molecule has 0 amide bonds. The van der Waals surface area contributed by atoms with E-state index in [9.17, 15) is 23.1 Å². The summed E-state index contributed by atoms with van der Waals surface area (Å²) in [6.45, 7) is 2.61. The molecule has 122 valence electrons. The second-order valence-electron chi connectivity index (χ2n) is 6.49. The van der Waals surface area contributed by atoms with E-state index < -0.39 is 23.6 Å². The number of hydrogen-bond donors (Lipinski definition) is 2. The molecule has 0 aromatic carbocycles. The second kappa shape index (κ2) is 6.12. The predicted molar refractivity (Wildman–Crippen MR) is 72.0 cm³/mol. The van der Waals surface area contributed by atoms with Gasteiger partial charge in [0.25, 0.3) is 0 Å². The molecular formula is C14H23F3N2O2. The lowest BCUT2D eigenvalue weighted by molar-refractivity contribution is -0.187. The van der Waals surface area contributed by atoms with Gasteiger partial charge in [-0.2, -0.15) is 13.2 Å². The van der Waals surface area contributed by atoms with Gasteiger partial charge in [-0.05, 0) is 45.6 Å². The molecule has 0 spiro atoms. The van der Waals surface area contributed by atoms with Gasteiger partial charge in [-0.15, -0.1) is 0 Å². The van der Waals surface area contributed by atoms with Crippen molar-refractivity contribution < 1.29 is 23.1 Å². The Morgan fingerprint density at radius 3 is 2.52 bits per heavy atom. The Bertz CT molecular complexity index is 385. The Kier molecular flexibility index (Phi) is 4.82. The van der Waals surface area contributed by atoms with Crippen LogP contribution in [0.5, 0.6) is 0 Å². The highest BCUT2D eigenvalue weighted by Crippen LogP contribution is 2.33. The fourth-order valence-electron chi connectivity index (χ4n) is 2.83. The number of carboxylic acids is 1. The molecule has 0 radical (unpaired) electrons. The average Bonchev–Trinajstić information content (AvgIpc) is 3.19. The highest BCUT2D eigenvalue weighted by atomic mass is 19.4. The lowest BCUT2D eigenvalue weighted by Gasteiger charge is -2.36. The van der Waals surface area contributed by atoms with Crippen LogP contribution in [-0.2, 0) is 4.79 Å². The molecule has 1 saturated heterocycles. The lowest BCUT2D eigenvalue weighted by atomic mass is 9.94. The number of hydrogen-bond acceptors (Lipinski definition) is 3. The van der Waals surface area contributed by atoms with Crippen LogP contribution >= 0.6 is 0 Å². The number of carbonyl (C=O) groups is 1. The molecule has 1 saturated carbocycles. The average molecular weight is 308 g/mol. The molecule has 0 aromatic rings. The Balaban J connectivity index is 1.86. The molecule has 21 heavy (non-hydrogen) atoms. The number of piperidine rings is 1.